The monoisotopic (exact) mass is 385 g/mol. The lowest BCUT2D eigenvalue weighted by molar-refractivity contribution is 0.0565. The van der Waals surface area contributed by atoms with Gasteiger partial charge in [-0.2, -0.15) is 0 Å². The van der Waals surface area contributed by atoms with Crippen molar-refractivity contribution < 1.29 is 19.1 Å². The van der Waals surface area contributed by atoms with Gasteiger partial charge in [0.2, 0.25) is 0 Å². The van der Waals surface area contributed by atoms with Gasteiger partial charge in [-0.1, -0.05) is 12.1 Å². The number of aromatic nitrogens is 2. The first-order valence-electron chi connectivity index (χ1n) is 9.07. The summed E-state index contributed by atoms with van der Waals surface area (Å²) in [6.07, 6.45) is -0.346. The summed E-state index contributed by atoms with van der Waals surface area (Å²) in [5, 5.41) is 11.2. The molecule has 1 fully saturated rings. The number of hydrogen-bond acceptors (Lipinski definition) is 7. The summed E-state index contributed by atoms with van der Waals surface area (Å²) in [6.45, 7) is 3.84. The molecular formula is C19H23N5O4. The summed E-state index contributed by atoms with van der Waals surface area (Å²) in [7, 11) is 1.59. The molecule has 1 aromatic carbocycles. The summed E-state index contributed by atoms with van der Waals surface area (Å²) >= 11 is 0. The van der Waals surface area contributed by atoms with Crippen LogP contribution in [0.4, 0.5) is 16.3 Å². The Morgan fingerprint density at radius 1 is 1.04 bits per heavy atom. The summed E-state index contributed by atoms with van der Waals surface area (Å²) in [5.74, 6) is 0.983. The minimum Gasteiger partial charge on any atom is -0.495 e. The fourth-order valence-electron chi connectivity index (χ4n) is 2.87. The van der Waals surface area contributed by atoms with E-state index < -0.39 is 0 Å². The van der Waals surface area contributed by atoms with Gasteiger partial charge in [0.05, 0.1) is 19.4 Å². The minimum absolute atomic E-state index is 0.208. The second-order valence-corrected chi connectivity index (χ2v) is 6.11. The fraction of sp³-hybridized carbons (Fsp3) is 0.368. The molecule has 0 radical (unpaired) electrons. The number of carbonyl (C=O) groups is 2. The summed E-state index contributed by atoms with van der Waals surface area (Å²) in [4.78, 5) is 27.6. The van der Waals surface area contributed by atoms with E-state index >= 15 is 0 Å². The van der Waals surface area contributed by atoms with Gasteiger partial charge in [0.25, 0.3) is 5.91 Å². The van der Waals surface area contributed by atoms with E-state index in [1.807, 2.05) is 24.3 Å². The first-order valence-corrected chi connectivity index (χ1v) is 9.07. The number of para-hydroxylation sites is 2. The number of carbonyl (C=O) groups excluding carboxylic acids is 2. The molecule has 0 spiro atoms. The van der Waals surface area contributed by atoms with Crippen molar-refractivity contribution in [3.63, 3.8) is 0 Å². The Kier molecular flexibility index (Phi) is 6.25. The Bertz CT molecular complexity index is 819. The molecule has 0 saturated carbocycles. The molecule has 9 heteroatoms. The predicted octanol–water partition coefficient (Wildman–Crippen LogP) is 2.14. The zero-order chi connectivity index (χ0) is 19.9. The van der Waals surface area contributed by atoms with Crippen molar-refractivity contribution in [2.24, 2.45) is 0 Å². The quantitative estimate of drug-likeness (QED) is 0.842. The third kappa shape index (κ3) is 4.48. The highest BCUT2D eigenvalue weighted by molar-refractivity contribution is 5.92. The van der Waals surface area contributed by atoms with Crippen LogP contribution in [0.5, 0.6) is 5.75 Å². The van der Waals surface area contributed by atoms with E-state index in [4.69, 9.17) is 9.47 Å². The van der Waals surface area contributed by atoms with Crippen LogP contribution in [0.2, 0.25) is 0 Å². The zero-order valence-corrected chi connectivity index (χ0v) is 15.9. The van der Waals surface area contributed by atoms with Crippen LogP contribution in [-0.4, -0.2) is 71.9 Å². The maximum atomic E-state index is 12.6. The molecule has 3 rings (SSSR count). The van der Waals surface area contributed by atoms with Crippen molar-refractivity contribution in [3.05, 3.63) is 42.1 Å². The average molecular weight is 385 g/mol. The highest BCUT2D eigenvalue weighted by atomic mass is 16.6. The summed E-state index contributed by atoms with van der Waals surface area (Å²) < 4.78 is 10.3. The molecule has 2 aromatic rings. The van der Waals surface area contributed by atoms with Gasteiger partial charge in [0.1, 0.15) is 5.75 Å². The number of anilines is 2. The molecule has 2 amide bonds. The molecule has 1 N–H and O–H groups in total. The molecule has 1 saturated heterocycles. The number of ether oxygens (including phenoxy) is 2. The Labute approximate surface area is 163 Å². The molecule has 1 aromatic heterocycles. The number of methoxy groups -OCH3 is 1. The van der Waals surface area contributed by atoms with Gasteiger partial charge < -0.3 is 24.6 Å². The standard InChI is InChI=1S/C19H23N5O4/c1-3-28-19(26)24-12-10-23(11-13-24)18(25)15-8-9-17(22-21-15)20-14-6-4-5-7-16(14)27-2/h4-9H,3,10-13H2,1-2H3,(H,20,22). The van der Waals surface area contributed by atoms with Crippen molar-refractivity contribution in [1.29, 1.82) is 0 Å². The van der Waals surface area contributed by atoms with Crippen LogP contribution in [0.15, 0.2) is 36.4 Å². The first-order chi connectivity index (χ1) is 13.6. The Morgan fingerprint density at radius 2 is 1.75 bits per heavy atom. The average Bonchev–Trinajstić information content (AvgIpc) is 2.74. The number of benzene rings is 1. The Hall–Kier alpha value is -3.36. The predicted molar refractivity (Wildman–Crippen MR) is 103 cm³/mol. The van der Waals surface area contributed by atoms with E-state index in [0.717, 1.165) is 5.69 Å². The maximum absolute atomic E-state index is 12.6. The normalized spacial score (nSPS) is 13.8. The summed E-state index contributed by atoms with van der Waals surface area (Å²) in [5.41, 5.74) is 1.02. The van der Waals surface area contributed by atoms with Crippen molar-refractivity contribution in [2.45, 2.75) is 6.92 Å². The highest BCUT2D eigenvalue weighted by Crippen LogP contribution is 2.25. The van der Waals surface area contributed by atoms with E-state index in [1.54, 1.807) is 36.0 Å². The van der Waals surface area contributed by atoms with Crippen LogP contribution in [-0.2, 0) is 4.74 Å². The molecule has 1 aliphatic heterocycles. The van der Waals surface area contributed by atoms with Gasteiger partial charge in [-0.3, -0.25) is 4.79 Å². The zero-order valence-electron chi connectivity index (χ0n) is 15.9. The van der Waals surface area contributed by atoms with Gasteiger partial charge >= 0.3 is 6.09 Å². The molecule has 1 aliphatic rings. The van der Waals surface area contributed by atoms with E-state index in [-0.39, 0.29) is 17.7 Å². The SMILES string of the molecule is CCOC(=O)N1CCN(C(=O)c2ccc(Nc3ccccc3OC)nn2)CC1. The van der Waals surface area contributed by atoms with E-state index in [9.17, 15) is 9.59 Å². The lowest BCUT2D eigenvalue weighted by Gasteiger charge is -2.33. The second kappa shape index (κ2) is 9.03. The lowest BCUT2D eigenvalue weighted by Crippen LogP contribution is -2.50. The number of piperazine rings is 1. The largest absolute Gasteiger partial charge is 0.495 e. The first kappa shape index (κ1) is 19.4. The Balaban J connectivity index is 1.59. The van der Waals surface area contributed by atoms with Gasteiger partial charge in [-0.15, -0.1) is 10.2 Å². The van der Waals surface area contributed by atoms with Crippen LogP contribution in [0.3, 0.4) is 0 Å². The van der Waals surface area contributed by atoms with E-state index in [1.165, 1.54) is 0 Å². The summed E-state index contributed by atoms with van der Waals surface area (Å²) in [6, 6.07) is 10.8. The smallest absolute Gasteiger partial charge is 0.409 e. The third-order valence-electron chi connectivity index (χ3n) is 4.35. The molecule has 0 unspecified atom stereocenters. The van der Waals surface area contributed by atoms with Crippen molar-refractivity contribution in [3.8, 4) is 5.75 Å². The number of nitrogens with one attached hydrogen (secondary N) is 1. The molecular weight excluding hydrogens is 362 g/mol. The van der Waals surface area contributed by atoms with Crippen molar-refractivity contribution >= 4 is 23.5 Å². The number of hydrogen-bond donors (Lipinski definition) is 1. The molecule has 148 valence electrons. The topological polar surface area (TPSA) is 96.9 Å². The Morgan fingerprint density at radius 3 is 2.39 bits per heavy atom. The van der Waals surface area contributed by atoms with Crippen molar-refractivity contribution in [1.82, 2.24) is 20.0 Å². The molecule has 28 heavy (non-hydrogen) atoms. The van der Waals surface area contributed by atoms with E-state index in [2.05, 4.69) is 15.5 Å². The number of nitrogens with zero attached hydrogens (tertiary/aromatic N) is 4. The lowest BCUT2D eigenvalue weighted by atomic mass is 10.2. The number of amides is 2. The van der Waals surface area contributed by atoms with Crippen LogP contribution in [0, 0.1) is 0 Å². The van der Waals surface area contributed by atoms with Crippen LogP contribution < -0.4 is 10.1 Å². The third-order valence-corrected chi connectivity index (χ3v) is 4.35. The van der Waals surface area contributed by atoms with Gasteiger partial charge in [0.15, 0.2) is 11.5 Å². The molecule has 9 nitrogen and oxygen atoms in total. The van der Waals surface area contributed by atoms with Gasteiger partial charge in [-0.05, 0) is 31.2 Å². The second-order valence-electron chi connectivity index (χ2n) is 6.11. The fourth-order valence-corrected chi connectivity index (χ4v) is 2.87. The maximum Gasteiger partial charge on any atom is 0.409 e. The molecule has 0 atom stereocenters. The van der Waals surface area contributed by atoms with Crippen LogP contribution in [0.1, 0.15) is 17.4 Å². The van der Waals surface area contributed by atoms with E-state index in [0.29, 0.717) is 44.4 Å². The number of rotatable bonds is 5. The van der Waals surface area contributed by atoms with Gasteiger partial charge in [0, 0.05) is 26.2 Å². The molecule has 2 heterocycles. The van der Waals surface area contributed by atoms with Crippen LogP contribution >= 0.6 is 0 Å². The molecule has 0 bridgehead atoms. The van der Waals surface area contributed by atoms with Crippen molar-refractivity contribution in [2.75, 3.05) is 45.2 Å². The highest BCUT2D eigenvalue weighted by Gasteiger charge is 2.26. The minimum atomic E-state index is -0.346. The molecule has 0 aliphatic carbocycles. The van der Waals surface area contributed by atoms with Crippen LogP contribution in [0.25, 0.3) is 0 Å². The van der Waals surface area contributed by atoms with Gasteiger partial charge in [-0.25, -0.2) is 4.79 Å².